The Morgan fingerprint density at radius 3 is 3.00 bits per heavy atom. The Balaban J connectivity index is 2.19. The molecule has 2 aromatic rings. The van der Waals surface area contributed by atoms with E-state index in [0.29, 0.717) is 17.7 Å². The van der Waals surface area contributed by atoms with Gasteiger partial charge >= 0.3 is 0 Å². The van der Waals surface area contributed by atoms with Crippen LogP contribution in [0.5, 0.6) is 0 Å². The molecular weight excluding hydrogens is 190 g/mol. The highest BCUT2D eigenvalue weighted by Crippen LogP contribution is 2.10. The van der Waals surface area contributed by atoms with Crippen LogP contribution in [0.15, 0.2) is 41.3 Å². The van der Waals surface area contributed by atoms with E-state index < -0.39 is 0 Å². The minimum atomic E-state index is 0.0600. The Morgan fingerprint density at radius 2 is 2.33 bits per heavy atom. The number of carbonyl (C=O) groups excluding carboxylic acids is 1. The Morgan fingerprint density at radius 1 is 1.47 bits per heavy atom. The summed E-state index contributed by atoms with van der Waals surface area (Å²) < 4.78 is 5.13. The molecule has 3 nitrogen and oxygen atoms in total. The molecule has 0 aliphatic carbocycles. The molecule has 2 rings (SSSR count). The van der Waals surface area contributed by atoms with Crippen molar-refractivity contribution in [2.75, 3.05) is 0 Å². The van der Waals surface area contributed by atoms with Crippen LogP contribution in [0.2, 0.25) is 0 Å². The van der Waals surface area contributed by atoms with Crippen LogP contribution in [0, 0.1) is 6.92 Å². The van der Waals surface area contributed by atoms with Gasteiger partial charge in [0.05, 0.1) is 12.7 Å². The Bertz CT molecular complexity index is 460. The minimum absolute atomic E-state index is 0.0600. The van der Waals surface area contributed by atoms with E-state index in [9.17, 15) is 4.79 Å². The molecule has 2 heterocycles. The van der Waals surface area contributed by atoms with Crippen LogP contribution in [-0.4, -0.2) is 10.8 Å². The Hall–Kier alpha value is -1.90. The predicted octanol–water partition coefficient (Wildman–Crippen LogP) is 2.41. The Kier molecular flexibility index (Phi) is 2.63. The maximum absolute atomic E-state index is 11.8. The number of furan rings is 1. The first-order valence-electron chi connectivity index (χ1n) is 4.73. The van der Waals surface area contributed by atoms with Crippen molar-refractivity contribution in [3.8, 4) is 0 Å². The molecule has 0 saturated carbocycles. The van der Waals surface area contributed by atoms with Gasteiger partial charge in [0.15, 0.2) is 5.78 Å². The van der Waals surface area contributed by atoms with Crippen LogP contribution in [-0.2, 0) is 6.42 Å². The molecule has 15 heavy (non-hydrogen) atoms. The van der Waals surface area contributed by atoms with Gasteiger partial charge in [-0.15, -0.1) is 0 Å². The largest absolute Gasteiger partial charge is 0.469 e. The topological polar surface area (TPSA) is 43.1 Å². The monoisotopic (exact) mass is 201 g/mol. The summed E-state index contributed by atoms with van der Waals surface area (Å²) in [6, 6.07) is 5.32. The summed E-state index contributed by atoms with van der Waals surface area (Å²) in [7, 11) is 0. The van der Waals surface area contributed by atoms with Crippen molar-refractivity contribution in [3.05, 3.63) is 53.7 Å². The first-order valence-corrected chi connectivity index (χ1v) is 4.73. The van der Waals surface area contributed by atoms with Crippen molar-refractivity contribution in [1.29, 1.82) is 0 Å². The maximum atomic E-state index is 11.8. The lowest BCUT2D eigenvalue weighted by atomic mass is 10.0. The summed E-state index contributed by atoms with van der Waals surface area (Å²) in [6.07, 6.45) is 5.19. The van der Waals surface area contributed by atoms with E-state index >= 15 is 0 Å². The number of aryl methyl sites for hydroxylation is 1. The highest BCUT2D eigenvalue weighted by molar-refractivity contribution is 5.98. The van der Waals surface area contributed by atoms with Gasteiger partial charge in [0, 0.05) is 18.0 Å². The average molecular weight is 201 g/mol. The molecule has 0 bridgehead atoms. The van der Waals surface area contributed by atoms with Crippen LogP contribution >= 0.6 is 0 Å². The summed E-state index contributed by atoms with van der Waals surface area (Å²) in [5, 5.41) is 0. The fourth-order valence-electron chi connectivity index (χ4n) is 1.45. The van der Waals surface area contributed by atoms with E-state index in [2.05, 4.69) is 4.98 Å². The molecule has 0 fully saturated rings. The van der Waals surface area contributed by atoms with Crippen molar-refractivity contribution < 1.29 is 9.21 Å². The van der Waals surface area contributed by atoms with Crippen molar-refractivity contribution in [3.63, 3.8) is 0 Å². The third kappa shape index (κ3) is 2.13. The smallest absolute Gasteiger partial charge is 0.170 e. The van der Waals surface area contributed by atoms with E-state index in [-0.39, 0.29) is 5.78 Å². The van der Waals surface area contributed by atoms with Gasteiger partial charge in [-0.3, -0.25) is 9.78 Å². The quantitative estimate of drug-likeness (QED) is 0.716. The zero-order chi connectivity index (χ0) is 10.7. The summed E-state index contributed by atoms with van der Waals surface area (Å²) in [6.45, 7) is 1.88. The number of pyridine rings is 1. The second kappa shape index (κ2) is 4.09. The van der Waals surface area contributed by atoms with E-state index in [1.165, 1.54) is 0 Å². The van der Waals surface area contributed by atoms with Gasteiger partial charge in [0.2, 0.25) is 0 Å². The van der Waals surface area contributed by atoms with Crippen molar-refractivity contribution in [1.82, 2.24) is 4.98 Å². The number of ketones is 1. The second-order valence-corrected chi connectivity index (χ2v) is 3.37. The molecule has 2 aromatic heterocycles. The van der Waals surface area contributed by atoms with Crippen LogP contribution in [0.1, 0.15) is 21.7 Å². The van der Waals surface area contributed by atoms with Crippen molar-refractivity contribution in [2.24, 2.45) is 0 Å². The number of hydrogen-bond acceptors (Lipinski definition) is 3. The number of aromatic nitrogens is 1. The number of carbonyl (C=O) groups is 1. The molecule has 0 aliphatic rings. The maximum Gasteiger partial charge on any atom is 0.170 e. The van der Waals surface area contributed by atoms with E-state index in [0.717, 1.165) is 5.56 Å². The lowest BCUT2D eigenvalue weighted by Crippen LogP contribution is -2.05. The molecule has 0 unspecified atom stereocenters. The van der Waals surface area contributed by atoms with Gasteiger partial charge in [-0.2, -0.15) is 0 Å². The van der Waals surface area contributed by atoms with Crippen LogP contribution in [0.25, 0.3) is 0 Å². The van der Waals surface area contributed by atoms with Crippen LogP contribution in [0.4, 0.5) is 0 Å². The van der Waals surface area contributed by atoms with Crippen LogP contribution < -0.4 is 0 Å². The summed E-state index contributed by atoms with van der Waals surface area (Å²) in [4.78, 5) is 15.8. The van der Waals surface area contributed by atoms with Gasteiger partial charge < -0.3 is 4.42 Å². The molecule has 0 spiro atoms. The lowest BCUT2D eigenvalue weighted by molar-refractivity contribution is 0.0986. The third-order valence-corrected chi connectivity index (χ3v) is 2.24. The van der Waals surface area contributed by atoms with Gasteiger partial charge in [0.1, 0.15) is 5.76 Å². The van der Waals surface area contributed by atoms with E-state index in [1.54, 1.807) is 36.9 Å². The van der Waals surface area contributed by atoms with Gasteiger partial charge in [0.25, 0.3) is 0 Å². The fraction of sp³-hybridized carbons (Fsp3) is 0.167. The predicted molar refractivity (Wildman–Crippen MR) is 55.7 cm³/mol. The molecular formula is C12H11NO2. The standard InChI is InChI=1S/C12H11NO2/c1-9-8-13-5-4-11(9)12(14)7-10-3-2-6-15-10/h2-6,8H,7H2,1H3. The minimum Gasteiger partial charge on any atom is -0.469 e. The molecule has 0 saturated heterocycles. The highest BCUT2D eigenvalue weighted by Gasteiger charge is 2.10. The number of nitrogens with zero attached hydrogens (tertiary/aromatic N) is 1. The van der Waals surface area contributed by atoms with Crippen molar-refractivity contribution in [2.45, 2.75) is 13.3 Å². The number of rotatable bonds is 3. The SMILES string of the molecule is Cc1cnccc1C(=O)Cc1ccco1. The number of hydrogen-bond donors (Lipinski definition) is 0. The molecule has 0 aromatic carbocycles. The first-order chi connectivity index (χ1) is 7.27. The third-order valence-electron chi connectivity index (χ3n) is 2.24. The van der Waals surface area contributed by atoms with E-state index in [1.807, 2.05) is 6.92 Å². The fourth-order valence-corrected chi connectivity index (χ4v) is 1.45. The van der Waals surface area contributed by atoms with Gasteiger partial charge in [-0.1, -0.05) is 0 Å². The Labute approximate surface area is 87.8 Å². The lowest BCUT2D eigenvalue weighted by Gasteiger charge is -2.01. The summed E-state index contributed by atoms with van der Waals surface area (Å²) in [5.41, 5.74) is 1.61. The molecule has 0 amide bonds. The summed E-state index contributed by atoms with van der Waals surface area (Å²) >= 11 is 0. The van der Waals surface area contributed by atoms with Crippen molar-refractivity contribution >= 4 is 5.78 Å². The normalized spacial score (nSPS) is 10.2. The number of Topliss-reactive ketones (excluding diaryl/α,β-unsaturated/α-hetero) is 1. The average Bonchev–Trinajstić information content (AvgIpc) is 2.71. The van der Waals surface area contributed by atoms with E-state index in [4.69, 9.17) is 4.42 Å². The molecule has 0 atom stereocenters. The van der Waals surface area contributed by atoms with Crippen LogP contribution in [0.3, 0.4) is 0 Å². The molecule has 3 heteroatoms. The zero-order valence-corrected chi connectivity index (χ0v) is 8.43. The van der Waals surface area contributed by atoms with Gasteiger partial charge in [-0.05, 0) is 30.7 Å². The molecule has 0 radical (unpaired) electrons. The highest BCUT2D eigenvalue weighted by atomic mass is 16.3. The zero-order valence-electron chi connectivity index (χ0n) is 8.43. The molecule has 76 valence electrons. The first kappa shape index (κ1) is 9.65. The van der Waals surface area contributed by atoms with Gasteiger partial charge in [-0.25, -0.2) is 0 Å². The molecule has 0 aliphatic heterocycles. The molecule has 0 N–H and O–H groups in total. The second-order valence-electron chi connectivity index (χ2n) is 3.37. The summed E-state index contributed by atoms with van der Waals surface area (Å²) in [5.74, 6) is 0.751.